The van der Waals surface area contributed by atoms with Crippen molar-refractivity contribution in [3.8, 4) is 0 Å². The normalized spacial score (nSPS) is 16.1. The average Bonchev–Trinajstić information content (AvgIpc) is 2.70. The Labute approximate surface area is 90.0 Å². The third kappa shape index (κ3) is 1.69. The lowest BCUT2D eigenvalue weighted by Crippen LogP contribution is -2.13. The number of hydrogen-bond donors (Lipinski definition) is 1. The predicted molar refractivity (Wildman–Crippen MR) is 60.8 cm³/mol. The molecule has 2 N–H and O–H groups in total. The van der Waals surface area contributed by atoms with Crippen molar-refractivity contribution in [3.05, 3.63) is 40.4 Å². The van der Waals surface area contributed by atoms with Crippen molar-refractivity contribution < 1.29 is 4.79 Å². The van der Waals surface area contributed by atoms with Gasteiger partial charge in [0.1, 0.15) is 5.00 Å². The summed E-state index contributed by atoms with van der Waals surface area (Å²) in [6.45, 7) is 0. The second-order valence-electron chi connectivity index (χ2n) is 2.62. The number of nitrogens with zero attached hydrogens (tertiary/aromatic N) is 1. The summed E-state index contributed by atoms with van der Waals surface area (Å²) in [4.78, 5) is 10.5. The van der Waals surface area contributed by atoms with Gasteiger partial charge in [0.25, 0.3) is 0 Å². The summed E-state index contributed by atoms with van der Waals surface area (Å²) in [6, 6.07) is 3.98. The molecule has 0 bridgehead atoms. The summed E-state index contributed by atoms with van der Waals surface area (Å²) in [7, 11) is 0. The molecule has 2 rings (SSSR count). The molecule has 3 nitrogen and oxygen atoms in total. The van der Waals surface area contributed by atoms with Gasteiger partial charge in [-0.1, -0.05) is 0 Å². The summed E-state index contributed by atoms with van der Waals surface area (Å²) >= 11 is 2.99. The molecule has 14 heavy (non-hydrogen) atoms. The minimum absolute atomic E-state index is 0.538. The molecule has 1 aromatic heterocycles. The zero-order valence-electron chi connectivity index (χ0n) is 7.21. The highest BCUT2D eigenvalue weighted by atomic mass is 32.2. The van der Waals surface area contributed by atoms with E-state index in [4.69, 9.17) is 5.73 Å². The van der Waals surface area contributed by atoms with Crippen LogP contribution in [-0.4, -0.2) is 6.29 Å². The minimum atomic E-state index is 0.538. The molecule has 2 heterocycles. The molecule has 0 atom stereocenters. The van der Waals surface area contributed by atoms with Gasteiger partial charge >= 0.3 is 0 Å². The van der Waals surface area contributed by atoms with Crippen LogP contribution in [0.5, 0.6) is 0 Å². The Morgan fingerprint density at radius 2 is 2.36 bits per heavy atom. The number of aldehydes is 1. The number of hydrogen-bond acceptors (Lipinski definition) is 5. The molecular formula is C9H8N2OS2. The Balaban J connectivity index is 2.21. The van der Waals surface area contributed by atoms with Crippen molar-refractivity contribution in [1.29, 1.82) is 0 Å². The molecule has 0 unspecified atom stereocenters. The van der Waals surface area contributed by atoms with Crippen molar-refractivity contribution in [2.75, 3.05) is 4.31 Å². The fourth-order valence-electron chi connectivity index (χ4n) is 1.03. The molecule has 0 aromatic carbocycles. The van der Waals surface area contributed by atoms with E-state index in [0.717, 1.165) is 11.3 Å². The SMILES string of the molecule is NC1=C(C=O)C=CN(c2cccs2)S1. The van der Waals surface area contributed by atoms with Crippen LogP contribution in [0.25, 0.3) is 0 Å². The number of carbonyl (C=O) groups excluding carboxylic acids is 1. The van der Waals surface area contributed by atoms with Gasteiger partial charge in [0.15, 0.2) is 6.29 Å². The van der Waals surface area contributed by atoms with Gasteiger partial charge in [-0.15, -0.1) is 11.3 Å². The molecule has 0 radical (unpaired) electrons. The fraction of sp³-hybridized carbons (Fsp3) is 0. The van der Waals surface area contributed by atoms with Gasteiger partial charge < -0.3 is 5.73 Å². The average molecular weight is 224 g/mol. The van der Waals surface area contributed by atoms with Crippen molar-refractivity contribution >= 4 is 34.6 Å². The topological polar surface area (TPSA) is 46.3 Å². The van der Waals surface area contributed by atoms with Crippen LogP contribution in [-0.2, 0) is 4.79 Å². The maximum absolute atomic E-state index is 10.5. The zero-order chi connectivity index (χ0) is 9.97. The van der Waals surface area contributed by atoms with Gasteiger partial charge in [0, 0.05) is 23.7 Å². The van der Waals surface area contributed by atoms with Crippen molar-refractivity contribution in [2.45, 2.75) is 0 Å². The van der Waals surface area contributed by atoms with Crippen LogP contribution in [0.1, 0.15) is 0 Å². The Morgan fingerprint density at radius 3 is 2.93 bits per heavy atom. The van der Waals surface area contributed by atoms with Gasteiger partial charge in [-0.05, 0) is 23.6 Å². The molecule has 0 saturated carbocycles. The van der Waals surface area contributed by atoms with E-state index in [0.29, 0.717) is 10.6 Å². The third-order valence-electron chi connectivity index (χ3n) is 1.72. The molecule has 1 aromatic rings. The molecule has 0 saturated heterocycles. The first-order chi connectivity index (χ1) is 6.81. The highest BCUT2D eigenvalue weighted by molar-refractivity contribution is 8.04. The highest BCUT2D eigenvalue weighted by Crippen LogP contribution is 2.33. The second kappa shape index (κ2) is 3.89. The lowest BCUT2D eigenvalue weighted by Gasteiger charge is -2.20. The molecule has 0 amide bonds. The van der Waals surface area contributed by atoms with E-state index in [1.54, 1.807) is 17.4 Å². The monoisotopic (exact) mass is 224 g/mol. The molecule has 0 aliphatic carbocycles. The third-order valence-corrected chi connectivity index (χ3v) is 3.65. The van der Waals surface area contributed by atoms with E-state index < -0.39 is 0 Å². The Hall–Kier alpha value is -1.20. The fourth-order valence-corrected chi connectivity index (χ4v) is 2.60. The minimum Gasteiger partial charge on any atom is -0.392 e. The van der Waals surface area contributed by atoms with Crippen LogP contribution in [0.15, 0.2) is 40.4 Å². The molecule has 5 heteroatoms. The van der Waals surface area contributed by atoms with Crippen LogP contribution >= 0.6 is 23.3 Å². The zero-order valence-corrected chi connectivity index (χ0v) is 8.85. The van der Waals surface area contributed by atoms with Gasteiger partial charge in [-0.3, -0.25) is 9.10 Å². The second-order valence-corrected chi connectivity index (χ2v) is 4.56. The summed E-state index contributed by atoms with van der Waals surface area (Å²) in [5.41, 5.74) is 6.25. The standard InChI is InChI=1S/C9H8N2OS2/c10-9-7(6-12)3-4-11(14-9)8-2-1-5-13-8/h1-6H,10H2. The van der Waals surface area contributed by atoms with Crippen molar-refractivity contribution in [1.82, 2.24) is 0 Å². The predicted octanol–water partition coefficient (Wildman–Crippen LogP) is 2.10. The molecule has 0 spiro atoms. The summed E-state index contributed by atoms with van der Waals surface area (Å²) in [6.07, 6.45) is 4.33. The Morgan fingerprint density at radius 1 is 1.50 bits per heavy atom. The smallest absolute Gasteiger partial charge is 0.152 e. The van der Waals surface area contributed by atoms with Crippen LogP contribution in [0.2, 0.25) is 0 Å². The first-order valence-electron chi connectivity index (χ1n) is 3.95. The molecule has 72 valence electrons. The first kappa shape index (κ1) is 9.36. The lowest BCUT2D eigenvalue weighted by atomic mass is 10.3. The van der Waals surface area contributed by atoms with E-state index in [2.05, 4.69) is 0 Å². The largest absolute Gasteiger partial charge is 0.392 e. The molecule has 1 aliphatic heterocycles. The molecule has 0 fully saturated rings. The number of allylic oxidation sites excluding steroid dienone is 2. The van der Waals surface area contributed by atoms with E-state index >= 15 is 0 Å². The van der Waals surface area contributed by atoms with Crippen LogP contribution in [0.4, 0.5) is 5.00 Å². The van der Waals surface area contributed by atoms with Gasteiger partial charge in [0.05, 0.1) is 5.03 Å². The Bertz CT molecular complexity index is 395. The molecule has 1 aliphatic rings. The maximum atomic E-state index is 10.5. The number of nitrogens with two attached hydrogens (primary N) is 1. The first-order valence-corrected chi connectivity index (χ1v) is 5.60. The van der Waals surface area contributed by atoms with E-state index in [1.165, 1.54) is 11.9 Å². The Kier molecular flexibility index (Phi) is 2.60. The van der Waals surface area contributed by atoms with E-state index in [9.17, 15) is 4.79 Å². The number of carbonyl (C=O) groups is 1. The van der Waals surface area contributed by atoms with Crippen LogP contribution in [0, 0.1) is 0 Å². The van der Waals surface area contributed by atoms with Gasteiger partial charge in [-0.25, -0.2) is 0 Å². The quantitative estimate of drug-likeness (QED) is 0.617. The van der Waals surface area contributed by atoms with Gasteiger partial charge in [0.2, 0.25) is 0 Å². The van der Waals surface area contributed by atoms with Crippen LogP contribution < -0.4 is 10.0 Å². The maximum Gasteiger partial charge on any atom is 0.152 e. The lowest BCUT2D eigenvalue weighted by molar-refractivity contribution is -0.104. The number of thiophene rings is 1. The number of anilines is 1. The molecular weight excluding hydrogens is 216 g/mol. The van der Waals surface area contributed by atoms with Gasteiger partial charge in [-0.2, -0.15) is 0 Å². The summed E-state index contributed by atoms with van der Waals surface area (Å²) in [5.74, 6) is 0. The summed E-state index contributed by atoms with van der Waals surface area (Å²) in [5, 5.41) is 3.63. The van der Waals surface area contributed by atoms with Crippen molar-refractivity contribution in [3.63, 3.8) is 0 Å². The number of rotatable bonds is 2. The summed E-state index contributed by atoms with van der Waals surface area (Å²) < 4.78 is 1.94. The highest BCUT2D eigenvalue weighted by Gasteiger charge is 2.13. The van der Waals surface area contributed by atoms with Crippen molar-refractivity contribution in [2.24, 2.45) is 5.73 Å². The van der Waals surface area contributed by atoms with E-state index in [-0.39, 0.29) is 0 Å². The van der Waals surface area contributed by atoms with E-state index in [1.807, 2.05) is 28.0 Å². The van der Waals surface area contributed by atoms with Crippen LogP contribution in [0.3, 0.4) is 0 Å².